The summed E-state index contributed by atoms with van der Waals surface area (Å²) in [6.07, 6.45) is 5.14. The number of aromatic nitrogens is 6. The molecular formula is C31H25Cl2N7O3. The first-order chi connectivity index (χ1) is 20.9. The zero-order valence-corrected chi connectivity index (χ0v) is 24.4. The smallest absolute Gasteiger partial charge is 0.309 e. The van der Waals surface area contributed by atoms with Crippen LogP contribution in [0.15, 0.2) is 91.3 Å². The van der Waals surface area contributed by atoms with Crippen LogP contribution in [0.5, 0.6) is 0 Å². The van der Waals surface area contributed by atoms with Crippen LogP contribution in [0.4, 0.5) is 0 Å². The van der Waals surface area contributed by atoms with Crippen molar-refractivity contribution in [3.05, 3.63) is 124 Å². The number of ether oxygens (including phenoxy) is 1. The Balaban J connectivity index is 1.42. The summed E-state index contributed by atoms with van der Waals surface area (Å²) in [5.74, 6) is -0.679. The van der Waals surface area contributed by atoms with Crippen LogP contribution in [-0.2, 0) is 27.2 Å². The Morgan fingerprint density at radius 3 is 2.49 bits per heavy atom. The zero-order chi connectivity index (χ0) is 30.2. The molecule has 43 heavy (non-hydrogen) atoms. The van der Waals surface area contributed by atoms with Gasteiger partial charge in [0.25, 0.3) is 0 Å². The van der Waals surface area contributed by atoms with Crippen LogP contribution in [0.1, 0.15) is 28.3 Å². The van der Waals surface area contributed by atoms with Crippen LogP contribution in [0, 0.1) is 0 Å². The Kier molecular flexibility index (Phi) is 9.50. The Labute approximate surface area is 257 Å². The van der Waals surface area contributed by atoms with Crippen molar-refractivity contribution in [2.24, 2.45) is 0 Å². The molecule has 1 atom stereocenters. The molecule has 3 aromatic carbocycles. The van der Waals surface area contributed by atoms with E-state index in [-0.39, 0.29) is 23.5 Å². The first-order valence-corrected chi connectivity index (χ1v) is 13.9. The lowest BCUT2D eigenvalue weighted by molar-refractivity contribution is -0.139. The highest BCUT2D eigenvalue weighted by molar-refractivity contribution is 6.31. The second-order valence-corrected chi connectivity index (χ2v) is 10.3. The molecule has 5 aromatic rings. The van der Waals surface area contributed by atoms with E-state index in [4.69, 9.17) is 27.9 Å². The minimum absolute atomic E-state index is 0.166. The second-order valence-electron chi connectivity index (χ2n) is 9.47. The molecule has 0 radical (unpaired) electrons. The summed E-state index contributed by atoms with van der Waals surface area (Å²) in [6, 6.07) is 23.6. The molecular weight excluding hydrogens is 589 g/mol. The Hall–Kier alpha value is -4.93. The van der Waals surface area contributed by atoms with Gasteiger partial charge in [0.05, 0.1) is 31.0 Å². The summed E-state index contributed by atoms with van der Waals surface area (Å²) >= 11 is 12.8. The summed E-state index contributed by atoms with van der Waals surface area (Å²) in [6.45, 7) is 0. The van der Waals surface area contributed by atoms with Gasteiger partial charge in [-0.25, -0.2) is 0 Å². The van der Waals surface area contributed by atoms with Crippen molar-refractivity contribution in [3.63, 3.8) is 0 Å². The lowest BCUT2D eigenvalue weighted by Crippen LogP contribution is -2.29. The number of nitrogens with zero attached hydrogens (tertiary/aromatic N) is 6. The predicted molar refractivity (Wildman–Crippen MR) is 162 cm³/mol. The average molecular weight is 614 g/mol. The number of nitrogens with one attached hydrogen (secondary N) is 1. The monoisotopic (exact) mass is 613 g/mol. The van der Waals surface area contributed by atoms with Crippen LogP contribution < -0.4 is 5.32 Å². The average Bonchev–Trinajstić information content (AvgIpc) is 3.56. The van der Waals surface area contributed by atoms with Crippen molar-refractivity contribution in [3.8, 4) is 16.9 Å². The van der Waals surface area contributed by atoms with E-state index < -0.39 is 6.04 Å². The van der Waals surface area contributed by atoms with E-state index in [0.717, 1.165) is 16.7 Å². The molecule has 0 bridgehead atoms. The van der Waals surface area contributed by atoms with Gasteiger partial charge >= 0.3 is 5.97 Å². The Morgan fingerprint density at radius 2 is 1.77 bits per heavy atom. The summed E-state index contributed by atoms with van der Waals surface area (Å²) in [4.78, 5) is 24.9. The fourth-order valence-electron chi connectivity index (χ4n) is 4.42. The summed E-state index contributed by atoms with van der Waals surface area (Å²) < 4.78 is 6.23. The molecule has 1 unspecified atom stereocenters. The number of amides is 1. The molecule has 0 saturated heterocycles. The van der Waals surface area contributed by atoms with Crippen LogP contribution in [0.2, 0.25) is 10.2 Å². The number of hydrogen-bond acceptors (Lipinski definition) is 8. The van der Waals surface area contributed by atoms with Crippen LogP contribution >= 0.6 is 23.2 Å². The number of hydrogen-bond donors (Lipinski definition) is 1. The molecule has 0 aliphatic rings. The second kappa shape index (κ2) is 13.8. The van der Waals surface area contributed by atoms with Crippen molar-refractivity contribution >= 4 is 41.2 Å². The Morgan fingerprint density at radius 1 is 0.977 bits per heavy atom. The molecule has 5 rings (SSSR count). The number of rotatable bonds is 10. The topological polar surface area (TPSA) is 125 Å². The molecule has 2 heterocycles. The molecule has 1 N–H and O–H groups in total. The maximum atomic E-state index is 13.3. The number of esters is 1. The van der Waals surface area contributed by atoms with Gasteiger partial charge in [0, 0.05) is 27.8 Å². The van der Waals surface area contributed by atoms with E-state index in [1.807, 2.05) is 60.7 Å². The van der Waals surface area contributed by atoms with Gasteiger partial charge in [0.15, 0.2) is 5.15 Å². The summed E-state index contributed by atoms with van der Waals surface area (Å²) in [5, 5.41) is 23.5. The minimum atomic E-state index is -0.529. The largest absolute Gasteiger partial charge is 0.469 e. The normalized spacial score (nSPS) is 11.8. The number of carbonyl (C=O) groups is 2. The van der Waals surface area contributed by atoms with Crippen molar-refractivity contribution in [2.45, 2.75) is 18.9 Å². The quantitative estimate of drug-likeness (QED) is 0.167. The molecule has 0 spiro atoms. The van der Waals surface area contributed by atoms with Crippen molar-refractivity contribution in [2.75, 3.05) is 7.11 Å². The predicted octanol–water partition coefficient (Wildman–Crippen LogP) is 5.26. The third-order valence-corrected chi connectivity index (χ3v) is 7.10. The highest BCUT2D eigenvalue weighted by Crippen LogP contribution is 2.29. The van der Waals surface area contributed by atoms with Gasteiger partial charge < -0.3 is 10.1 Å². The number of halogens is 2. The van der Waals surface area contributed by atoms with Crippen molar-refractivity contribution < 1.29 is 14.3 Å². The van der Waals surface area contributed by atoms with Gasteiger partial charge in [0.2, 0.25) is 5.91 Å². The SMILES string of the molecule is COC(=O)Cc1ccc(-c2cc(C(Cc3ccccc3)NC(=O)/C=C/c3cc(Cl)ccc3-n3cnnn3)c(Cl)nn2)cc1. The summed E-state index contributed by atoms with van der Waals surface area (Å²) in [7, 11) is 1.35. The van der Waals surface area contributed by atoms with E-state index in [1.165, 1.54) is 24.2 Å². The number of tetrazole rings is 1. The molecule has 0 aliphatic carbocycles. The van der Waals surface area contributed by atoms with E-state index in [1.54, 1.807) is 24.3 Å². The van der Waals surface area contributed by atoms with Crippen LogP contribution in [-0.4, -0.2) is 49.4 Å². The highest BCUT2D eigenvalue weighted by Gasteiger charge is 2.20. The molecule has 12 heteroatoms. The van der Waals surface area contributed by atoms with Crippen LogP contribution in [0.25, 0.3) is 23.0 Å². The molecule has 2 aromatic heterocycles. The third-order valence-electron chi connectivity index (χ3n) is 6.58. The zero-order valence-electron chi connectivity index (χ0n) is 22.9. The van der Waals surface area contributed by atoms with Crippen molar-refractivity contribution in [1.82, 2.24) is 35.7 Å². The number of carbonyl (C=O) groups excluding carboxylic acids is 2. The first kappa shape index (κ1) is 29.6. The molecule has 10 nitrogen and oxygen atoms in total. The summed E-state index contributed by atoms with van der Waals surface area (Å²) in [5.41, 5.74) is 5.06. The molecule has 0 aliphatic heterocycles. The molecule has 1 amide bonds. The molecule has 0 fully saturated rings. The lowest BCUT2D eigenvalue weighted by Gasteiger charge is -2.20. The molecule has 0 saturated carbocycles. The maximum Gasteiger partial charge on any atom is 0.309 e. The fourth-order valence-corrected chi connectivity index (χ4v) is 4.83. The van der Waals surface area contributed by atoms with E-state index in [9.17, 15) is 9.59 Å². The van der Waals surface area contributed by atoms with E-state index >= 15 is 0 Å². The highest BCUT2D eigenvalue weighted by atomic mass is 35.5. The van der Waals surface area contributed by atoms with E-state index in [2.05, 4.69) is 31.0 Å². The Bertz CT molecular complexity index is 1750. The van der Waals surface area contributed by atoms with Gasteiger partial charge in [-0.1, -0.05) is 77.8 Å². The van der Waals surface area contributed by atoms with Gasteiger partial charge in [-0.2, -0.15) is 4.68 Å². The third kappa shape index (κ3) is 7.68. The van der Waals surface area contributed by atoms with Crippen molar-refractivity contribution in [1.29, 1.82) is 0 Å². The minimum Gasteiger partial charge on any atom is -0.469 e. The van der Waals surface area contributed by atoms with Gasteiger partial charge in [0.1, 0.15) is 6.33 Å². The van der Waals surface area contributed by atoms with Crippen LogP contribution in [0.3, 0.4) is 0 Å². The van der Waals surface area contributed by atoms with E-state index in [0.29, 0.717) is 34.0 Å². The lowest BCUT2D eigenvalue weighted by atomic mass is 9.98. The van der Waals surface area contributed by atoms with Gasteiger partial charge in [-0.3, -0.25) is 9.59 Å². The molecule has 216 valence electrons. The number of methoxy groups -OCH3 is 1. The number of benzene rings is 3. The fraction of sp³-hybridized carbons (Fsp3) is 0.129. The van der Waals surface area contributed by atoms with Gasteiger partial charge in [-0.05, 0) is 58.3 Å². The first-order valence-electron chi connectivity index (χ1n) is 13.1. The van der Waals surface area contributed by atoms with Gasteiger partial charge in [-0.15, -0.1) is 15.3 Å². The maximum absolute atomic E-state index is 13.3. The standard InChI is InChI=1S/C31H25Cl2N7O3/c1-43-30(42)16-21-7-9-22(10-8-21)26-18-25(31(33)37-36-26)27(15-20-5-3-2-4-6-20)35-29(41)14-11-23-17-24(32)12-13-28(23)40-19-34-38-39-40/h2-14,17-19,27H,15-16H2,1H3,(H,35,41)/b14-11+.